The molecule has 0 atom stereocenters. The van der Waals surface area contributed by atoms with Crippen molar-refractivity contribution in [2.24, 2.45) is 0 Å². The maximum Gasteiger partial charge on any atom is 0.500 e. The minimum absolute atomic E-state index is 0.186. The Morgan fingerprint density at radius 3 is 2.13 bits per heavy atom. The third-order valence-corrected chi connectivity index (χ3v) is 4.94. The van der Waals surface area contributed by atoms with Gasteiger partial charge in [0.2, 0.25) is 0 Å². The van der Waals surface area contributed by atoms with Gasteiger partial charge in [-0.1, -0.05) is 0 Å². The van der Waals surface area contributed by atoms with Gasteiger partial charge >= 0.3 is 14.8 Å². The summed E-state index contributed by atoms with van der Waals surface area (Å²) in [6, 6.07) is 0.495. The summed E-state index contributed by atoms with van der Waals surface area (Å²) in [6.45, 7) is 0.574. The molecule has 0 aliphatic carbocycles. The minimum Gasteiger partial charge on any atom is -0.377 e. The Kier molecular flexibility index (Phi) is 7.31. The molecule has 2 N–H and O–H groups in total. The lowest BCUT2D eigenvalue weighted by Crippen LogP contribution is -2.43. The van der Waals surface area contributed by atoms with Crippen molar-refractivity contribution in [3.8, 4) is 0 Å². The molecule has 15 heavy (non-hydrogen) atoms. The minimum atomic E-state index is -2.47. The number of amides is 2. The molecule has 0 unspecified atom stereocenters. The molecule has 6 nitrogen and oxygen atoms in total. The van der Waals surface area contributed by atoms with Crippen LogP contribution in [0.15, 0.2) is 0 Å². The zero-order valence-corrected chi connectivity index (χ0v) is 10.8. The quantitative estimate of drug-likeness (QED) is 0.489. The van der Waals surface area contributed by atoms with Crippen LogP contribution in [0, 0.1) is 0 Å². The highest BCUT2D eigenvalue weighted by Gasteiger charge is 2.36. The van der Waals surface area contributed by atoms with E-state index in [1.807, 2.05) is 0 Å². The number of nitrogens with one attached hydrogen (secondary N) is 2. The number of rotatable bonds is 7. The summed E-state index contributed by atoms with van der Waals surface area (Å²) in [6.07, 6.45) is 0.759. The number of hydrogen-bond donors (Lipinski definition) is 2. The second kappa shape index (κ2) is 7.63. The van der Waals surface area contributed by atoms with Crippen LogP contribution in [0.2, 0.25) is 6.04 Å². The lowest BCUT2D eigenvalue weighted by Gasteiger charge is -2.24. The van der Waals surface area contributed by atoms with Crippen molar-refractivity contribution in [1.82, 2.24) is 10.6 Å². The van der Waals surface area contributed by atoms with Crippen LogP contribution in [0.5, 0.6) is 0 Å². The lowest BCUT2D eigenvalue weighted by molar-refractivity contribution is 0.123. The van der Waals surface area contributed by atoms with Crippen molar-refractivity contribution in [2.75, 3.05) is 34.9 Å². The first-order valence-corrected chi connectivity index (χ1v) is 6.68. The number of carbonyl (C=O) groups is 1. The van der Waals surface area contributed by atoms with Gasteiger partial charge in [-0.3, -0.25) is 0 Å². The molecule has 0 fully saturated rings. The van der Waals surface area contributed by atoms with E-state index in [9.17, 15) is 4.79 Å². The van der Waals surface area contributed by atoms with Gasteiger partial charge in [0.05, 0.1) is 0 Å². The fraction of sp³-hybridized carbons (Fsp3) is 0.875. The topological polar surface area (TPSA) is 68.8 Å². The average Bonchev–Trinajstić information content (AvgIpc) is 2.30. The SMILES string of the molecule is CNC(=O)NCCC[Si](OC)(OC)OC. The Bertz CT molecular complexity index is 179. The lowest BCUT2D eigenvalue weighted by atomic mass is 10.5. The van der Waals surface area contributed by atoms with E-state index in [1.54, 1.807) is 28.4 Å². The Morgan fingerprint density at radius 2 is 1.73 bits per heavy atom. The van der Waals surface area contributed by atoms with Crippen LogP contribution in [-0.4, -0.2) is 49.8 Å². The number of urea groups is 1. The number of hydrogen-bond acceptors (Lipinski definition) is 4. The molecular weight excluding hydrogens is 216 g/mol. The molecule has 0 spiro atoms. The highest BCUT2D eigenvalue weighted by molar-refractivity contribution is 6.60. The van der Waals surface area contributed by atoms with Crippen molar-refractivity contribution in [3.63, 3.8) is 0 Å². The summed E-state index contributed by atoms with van der Waals surface area (Å²) < 4.78 is 15.7. The molecular formula is C8H20N2O4Si. The zero-order chi connectivity index (χ0) is 11.7. The van der Waals surface area contributed by atoms with Gasteiger partial charge < -0.3 is 23.9 Å². The third kappa shape index (κ3) is 5.12. The third-order valence-electron chi connectivity index (χ3n) is 2.11. The molecule has 0 aliphatic heterocycles. The molecule has 0 aliphatic rings. The van der Waals surface area contributed by atoms with Gasteiger partial charge in [0.15, 0.2) is 0 Å². The molecule has 0 aromatic carbocycles. The van der Waals surface area contributed by atoms with E-state index in [4.69, 9.17) is 13.3 Å². The highest BCUT2D eigenvalue weighted by atomic mass is 28.4. The molecule has 0 aromatic rings. The molecule has 0 rings (SSSR count). The summed E-state index contributed by atoms with van der Waals surface area (Å²) in [4.78, 5) is 10.8. The maximum atomic E-state index is 10.8. The smallest absolute Gasteiger partial charge is 0.377 e. The fourth-order valence-corrected chi connectivity index (χ4v) is 2.87. The van der Waals surface area contributed by atoms with Crippen LogP contribution in [0.4, 0.5) is 4.79 Å². The molecule has 2 amide bonds. The molecule has 0 aromatic heterocycles. The van der Waals surface area contributed by atoms with Crippen LogP contribution < -0.4 is 10.6 Å². The van der Waals surface area contributed by atoms with E-state index < -0.39 is 8.80 Å². The van der Waals surface area contributed by atoms with Gasteiger partial charge in [-0.25, -0.2) is 4.79 Å². The molecule has 0 heterocycles. The average molecular weight is 236 g/mol. The molecule has 0 bridgehead atoms. The van der Waals surface area contributed by atoms with E-state index in [0.29, 0.717) is 12.6 Å². The van der Waals surface area contributed by atoms with Crippen LogP contribution in [0.25, 0.3) is 0 Å². The second-order valence-electron chi connectivity index (χ2n) is 2.90. The summed E-state index contributed by atoms with van der Waals surface area (Å²) in [5.41, 5.74) is 0. The van der Waals surface area contributed by atoms with Gasteiger partial charge in [-0.05, 0) is 6.42 Å². The fourth-order valence-electron chi connectivity index (χ4n) is 1.15. The Morgan fingerprint density at radius 1 is 1.20 bits per heavy atom. The highest BCUT2D eigenvalue weighted by Crippen LogP contribution is 2.14. The predicted molar refractivity (Wildman–Crippen MR) is 58.7 cm³/mol. The normalized spacial score (nSPS) is 11.2. The Labute approximate surface area is 91.6 Å². The van der Waals surface area contributed by atoms with Gasteiger partial charge in [-0.15, -0.1) is 0 Å². The van der Waals surface area contributed by atoms with Gasteiger partial charge in [0.25, 0.3) is 0 Å². The van der Waals surface area contributed by atoms with Crippen molar-refractivity contribution >= 4 is 14.8 Å². The Balaban J connectivity index is 3.76. The molecule has 0 radical (unpaired) electrons. The predicted octanol–water partition coefficient (Wildman–Crippen LogP) is 0.184. The number of carbonyl (C=O) groups excluding carboxylic acids is 1. The molecule has 90 valence electrons. The van der Waals surface area contributed by atoms with E-state index in [2.05, 4.69) is 10.6 Å². The summed E-state index contributed by atoms with van der Waals surface area (Å²) >= 11 is 0. The van der Waals surface area contributed by atoms with Gasteiger partial charge in [0.1, 0.15) is 0 Å². The van der Waals surface area contributed by atoms with Crippen molar-refractivity contribution in [2.45, 2.75) is 12.5 Å². The van der Waals surface area contributed by atoms with E-state index in [-0.39, 0.29) is 6.03 Å². The second-order valence-corrected chi connectivity index (χ2v) is 6.00. The Hall–Kier alpha value is -0.633. The van der Waals surface area contributed by atoms with Gasteiger partial charge in [0, 0.05) is 41.0 Å². The van der Waals surface area contributed by atoms with Crippen molar-refractivity contribution in [3.05, 3.63) is 0 Å². The van der Waals surface area contributed by atoms with E-state index in [1.165, 1.54) is 0 Å². The van der Waals surface area contributed by atoms with Crippen LogP contribution in [-0.2, 0) is 13.3 Å². The summed E-state index contributed by atoms with van der Waals surface area (Å²) in [5, 5.41) is 5.15. The van der Waals surface area contributed by atoms with Crippen LogP contribution >= 0.6 is 0 Å². The van der Waals surface area contributed by atoms with E-state index >= 15 is 0 Å². The first kappa shape index (κ1) is 14.4. The molecule has 0 saturated heterocycles. The summed E-state index contributed by atoms with van der Waals surface area (Å²) in [7, 11) is 3.83. The van der Waals surface area contributed by atoms with Gasteiger partial charge in [-0.2, -0.15) is 0 Å². The monoisotopic (exact) mass is 236 g/mol. The molecule has 0 saturated carbocycles. The maximum absolute atomic E-state index is 10.8. The van der Waals surface area contributed by atoms with Crippen molar-refractivity contribution in [1.29, 1.82) is 0 Å². The van der Waals surface area contributed by atoms with E-state index in [0.717, 1.165) is 6.42 Å². The molecule has 7 heteroatoms. The first-order chi connectivity index (χ1) is 7.14. The standard InChI is InChI=1S/C8H20N2O4Si/c1-9-8(11)10-6-5-7-15(12-2,13-3)14-4/h5-7H2,1-4H3,(H2,9,10,11). The van der Waals surface area contributed by atoms with Crippen molar-refractivity contribution < 1.29 is 18.1 Å². The van der Waals surface area contributed by atoms with Crippen LogP contribution in [0.3, 0.4) is 0 Å². The first-order valence-electron chi connectivity index (χ1n) is 4.75. The zero-order valence-electron chi connectivity index (χ0n) is 9.75. The van der Waals surface area contributed by atoms with Crippen LogP contribution in [0.1, 0.15) is 6.42 Å². The largest absolute Gasteiger partial charge is 0.500 e. The summed E-state index contributed by atoms with van der Waals surface area (Å²) in [5.74, 6) is 0.